The summed E-state index contributed by atoms with van der Waals surface area (Å²) in [4.78, 5) is 28.5. The van der Waals surface area contributed by atoms with Crippen LogP contribution in [0.2, 0.25) is 5.02 Å². The van der Waals surface area contributed by atoms with Crippen LogP contribution in [0.1, 0.15) is 55.1 Å². The van der Waals surface area contributed by atoms with Crippen LogP contribution >= 0.6 is 11.6 Å². The Morgan fingerprint density at radius 1 is 1.15 bits per heavy atom. The van der Waals surface area contributed by atoms with Gasteiger partial charge in [-0.15, -0.1) is 5.10 Å². The van der Waals surface area contributed by atoms with Gasteiger partial charge in [0.2, 0.25) is 5.88 Å². The third-order valence-electron chi connectivity index (χ3n) is 7.21. The second-order valence-corrected chi connectivity index (χ2v) is 11.1. The number of aromatic nitrogens is 4. The third-order valence-corrected chi connectivity index (χ3v) is 7.56. The lowest BCUT2D eigenvalue weighted by Crippen LogP contribution is -2.33. The summed E-state index contributed by atoms with van der Waals surface area (Å²) in [7, 11) is 3.16. The fourth-order valence-corrected chi connectivity index (χ4v) is 5.57. The number of ketones is 1. The Bertz CT molecular complexity index is 1730. The molecule has 0 amide bonds. The lowest BCUT2D eigenvalue weighted by Gasteiger charge is -2.37. The minimum Gasteiger partial charge on any atom is -0.493 e. The van der Waals surface area contributed by atoms with Crippen LogP contribution in [0.4, 0.5) is 0 Å². The lowest BCUT2D eigenvalue weighted by molar-refractivity contribution is -0.118. The van der Waals surface area contributed by atoms with Crippen LogP contribution in [-0.2, 0) is 16.2 Å². The van der Waals surface area contributed by atoms with Crippen LogP contribution in [0, 0.1) is 5.41 Å². The Labute approximate surface area is 241 Å². The molecule has 0 radical (unpaired) electrons. The zero-order valence-corrected chi connectivity index (χ0v) is 23.8. The molecule has 2 aromatic heterocycles. The number of nitrogens with zero attached hydrogens (tertiary/aromatic N) is 5. The molecular weight excluding hydrogens is 546 g/mol. The number of benzene rings is 2. The summed E-state index contributed by atoms with van der Waals surface area (Å²) in [6, 6.07) is 12.9. The van der Waals surface area contributed by atoms with E-state index in [2.05, 4.69) is 29.1 Å². The highest BCUT2D eigenvalue weighted by Crippen LogP contribution is 2.51. The van der Waals surface area contributed by atoms with Crippen molar-refractivity contribution in [3.8, 4) is 17.4 Å². The number of methoxy groups -OCH3 is 2. The van der Waals surface area contributed by atoms with E-state index >= 15 is 0 Å². The topological polar surface area (TPSA) is 109 Å². The number of oxime groups is 1. The van der Waals surface area contributed by atoms with E-state index in [1.54, 1.807) is 31.1 Å². The molecule has 0 saturated heterocycles. The van der Waals surface area contributed by atoms with E-state index in [9.17, 15) is 4.79 Å². The van der Waals surface area contributed by atoms with E-state index in [-0.39, 0.29) is 17.8 Å². The summed E-state index contributed by atoms with van der Waals surface area (Å²) in [6.07, 6.45) is 4.09. The van der Waals surface area contributed by atoms with Crippen molar-refractivity contribution in [2.75, 3.05) is 14.2 Å². The molecule has 0 spiro atoms. The number of carbonyl (C=O) groups excluding carboxylic acids is 1. The first kappa shape index (κ1) is 26.8. The van der Waals surface area contributed by atoms with Crippen LogP contribution in [0.5, 0.6) is 17.4 Å². The Balaban J connectivity index is 1.41. The molecule has 210 valence electrons. The maximum absolute atomic E-state index is 13.7. The summed E-state index contributed by atoms with van der Waals surface area (Å²) < 4.78 is 18.9. The third kappa shape index (κ3) is 4.99. The summed E-state index contributed by atoms with van der Waals surface area (Å²) in [5, 5.41) is 9.12. The molecule has 10 nitrogen and oxygen atoms in total. The minimum atomic E-state index is -0.496. The van der Waals surface area contributed by atoms with Crippen molar-refractivity contribution in [1.82, 2.24) is 19.6 Å². The van der Waals surface area contributed by atoms with Crippen LogP contribution < -0.4 is 14.2 Å². The number of hydrogen-bond acceptors (Lipinski definition) is 9. The fraction of sp³-hybridized carbons (Fsp3) is 0.300. The Kier molecular flexibility index (Phi) is 6.86. The zero-order chi connectivity index (χ0) is 28.7. The van der Waals surface area contributed by atoms with Crippen molar-refractivity contribution in [3.63, 3.8) is 0 Å². The molecule has 1 atom stereocenters. The molecule has 1 unspecified atom stereocenters. The van der Waals surface area contributed by atoms with E-state index in [1.807, 2.05) is 36.4 Å². The molecule has 0 fully saturated rings. The van der Waals surface area contributed by atoms with E-state index in [1.165, 1.54) is 6.21 Å². The number of hydrogen-bond donors (Lipinski definition) is 0. The number of fused-ring (bicyclic) bond motifs is 3. The van der Waals surface area contributed by atoms with Gasteiger partial charge in [0.25, 0.3) is 0 Å². The molecule has 1 aliphatic carbocycles. The molecule has 11 heteroatoms. The van der Waals surface area contributed by atoms with E-state index in [0.717, 1.165) is 11.1 Å². The van der Waals surface area contributed by atoms with Gasteiger partial charge in [-0.05, 0) is 29.2 Å². The molecule has 3 heterocycles. The van der Waals surface area contributed by atoms with Crippen molar-refractivity contribution in [3.05, 3.63) is 87.7 Å². The van der Waals surface area contributed by atoms with Gasteiger partial charge in [-0.3, -0.25) is 4.79 Å². The van der Waals surface area contributed by atoms with Gasteiger partial charge >= 0.3 is 0 Å². The lowest BCUT2D eigenvalue weighted by atomic mass is 9.70. The number of carbonyl (C=O) groups is 1. The van der Waals surface area contributed by atoms with Gasteiger partial charge in [-0.1, -0.05) is 54.9 Å². The molecule has 0 bridgehead atoms. The highest BCUT2D eigenvalue weighted by molar-refractivity contribution is 6.33. The highest BCUT2D eigenvalue weighted by atomic mass is 35.5. The molecule has 2 aromatic carbocycles. The maximum atomic E-state index is 13.7. The quantitative estimate of drug-likeness (QED) is 0.210. The average molecular weight is 574 g/mol. The molecular formula is C30H28ClN5O5. The largest absolute Gasteiger partial charge is 0.493 e. The van der Waals surface area contributed by atoms with Crippen LogP contribution in [0.25, 0.3) is 5.65 Å². The molecule has 0 saturated carbocycles. The standard InChI is InChI=1S/C30H28ClN5O5/c1-30(2)12-20(37)26-23(13-30)41-29-27(25(26)17-9-10-21(38-3)22(11-17)39-4)28-34-24(35-36(28)16-32-29)15-40-33-14-18-7-5-6-8-19(18)31/h5-11,14,16,25H,12-13,15H2,1-4H3/b33-14+. The van der Waals surface area contributed by atoms with Crippen molar-refractivity contribution in [2.24, 2.45) is 10.6 Å². The molecule has 41 heavy (non-hydrogen) atoms. The van der Waals surface area contributed by atoms with Gasteiger partial charge in [-0.2, -0.15) is 0 Å². The normalized spacial score (nSPS) is 17.8. The summed E-state index contributed by atoms with van der Waals surface area (Å²) in [5.41, 5.74) is 3.08. The molecule has 1 aliphatic heterocycles. The molecule has 4 aromatic rings. The number of ether oxygens (including phenoxy) is 3. The maximum Gasteiger partial charge on any atom is 0.228 e. The Morgan fingerprint density at radius 3 is 2.73 bits per heavy atom. The number of rotatable bonds is 7. The van der Waals surface area contributed by atoms with Gasteiger partial charge in [0, 0.05) is 29.0 Å². The SMILES string of the molecule is COc1ccc(C2C3=C(CC(C)(C)CC3=O)Oc3ncn4nc(CO/N=C/c5ccccc5Cl)nc4c32)cc1OC. The number of allylic oxidation sites excluding steroid dienone is 2. The van der Waals surface area contributed by atoms with Gasteiger partial charge < -0.3 is 19.0 Å². The zero-order valence-electron chi connectivity index (χ0n) is 23.1. The van der Waals surface area contributed by atoms with Gasteiger partial charge in [0.1, 0.15) is 12.1 Å². The first-order valence-electron chi connectivity index (χ1n) is 13.1. The molecule has 6 rings (SSSR count). The van der Waals surface area contributed by atoms with E-state index in [0.29, 0.717) is 63.6 Å². The van der Waals surface area contributed by atoms with Crippen molar-refractivity contribution >= 4 is 29.2 Å². The van der Waals surface area contributed by atoms with Crippen LogP contribution in [0.3, 0.4) is 0 Å². The Hall–Kier alpha value is -4.44. The van der Waals surface area contributed by atoms with Crippen LogP contribution in [0.15, 0.2) is 65.3 Å². The van der Waals surface area contributed by atoms with Gasteiger partial charge in [0.15, 0.2) is 35.4 Å². The smallest absolute Gasteiger partial charge is 0.228 e. The van der Waals surface area contributed by atoms with Crippen molar-refractivity contribution in [2.45, 2.75) is 39.2 Å². The second kappa shape index (κ2) is 10.5. The fourth-order valence-electron chi connectivity index (χ4n) is 5.39. The predicted octanol–water partition coefficient (Wildman–Crippen LogP) is 5.51. The number of halogens is 1. The summed E-state index contributed by atoms with van der Waals surface area (Å²) >= 11 is 6.18. The first-order valence-corrected chi connectivity index (χ1v) is 13.5. The van der Waals surface area contributed by atoms with Gasteiger partial charge in [0.05, 0.1) is 31.9 Å². The van der Waals surface area contributed by atoms with Gasteiger partial charge in [-0.25, -0.2) is 14.5 Å². The number of Topliss-reactive ketones (excluding diaryl/α,β-unsaturated/α-hetero) is 1. The highest BCUT2D eigenvalue weighted by Gasteiger charge is 2.44. The molecule has 0 N–H and O–H groups in total. The van der Waals surface area contributed by atoms with E-state index in [4.69, 9.17) is 35.6 Å². The first-order chi connectivity index (χ1) is 19.8. The van der Waals surface area contributed by atoms with Crippen molar-refractivity contribution < 1.29 is 23.8 Å². The summed E-state index contributed by atoms with van der Waals surface area (Å²) in [5.74, 6) is 2.08. The Morgan fingerprint density at radius 2 is 1.95 bits per heavy atom. The van der Waals surface area contributed by atoms with Crippen LogP contribution in [-0.4, -0.2) is 45.8 Å². The van der Waals surface area contributed by atoms with Crippen molar-refractivity contribution in [1.29, 1.82) is 0 Å². The predicted molar refractivity (Wildman–Crippen MR) is 152 cm³/mol. The monoisotopic (exact) mass is 573 g/mol. The van der Waals surface area contributed by atoms with E-state index < -0.39 is 5.92 Å². The average Bonchev–Trinajstić information content (AvgIpc) is 3.37. The molecule has 2 aliphatic rings. The minimum absolute atomic E-state index is 0.0142. The second-order valence-electron chi connectivity index (χ2n) is 10.7. The summed E-state index contributed by atoms with van der Waals surface area (Å²) in [6.45, 7) is 4.14.